The number of benzene rings is 2. The summed E-state index contributed by atoms with van der Waals surface area (Å²) in [5.41, 5.74) is 1.21. The second-order valence-electron chi connectivity index (χ2n) is 5.91. The van der Waals surface area contributed by atoms with Crippen LogP contribution in [-0.2, 0) is 15.8 Å². The van der Waals surface area contributed by atoms with Crippen LogP contribution in [0.1, 0.15) is 15.9 Å². The minimum absolute atomic E-state index is 0.0215. The van der Waals surface area contributed by atoms with Crippen LogP contribution in [0.4, 0.5) is 0 Å². The molecule has 0 atom stereocenters. The standard InChI is InChI=1S/C18H19ClN2O3S/c19-17-9-5-4-8-16(17)18(22)20-10-12-21(13-11-20)25(23,24)14-15-6-2-1-3-7-15/h1-9H,10-14H2. The lowest BCUT2D eigenvalue weighted by Crippen LogP contribution is -2.50. The molecule has 0 aliphatic carbocycles. The number of piperazine rings is 1. The number of rotatable bonds is 4. The average Bonchev–Trinajstić information content (AvgIpc) is 2.62. The van der Waals surface area contributed by atoms with Crippen molar-refractivity contribution < 1.29 is 13.2 Å². The molecular formula is C18H19ClN2O3S. The molecule has 25 heavy (non-hydrogen) atoms. The first-order valence-corrected chi connectivity index (χ1v) is 10.0. The molecule has 0 saturated carbocycles. The molecule has 1 heterocycles. The second kappa shape index (κ2) is 7.56. The number of hydrogen-bond acceptors (Lipinski definition) is 3. The molecule has 0 radical (unpaired) electrons. The SMILES string of the molecule is O=C(c1ccccc1Cl)N1CCN(S(=O)(=O)Cc2ccccc2)CC1. The number of sulfonamides is 1. The smallest absolute Gasteiger partial charge is 0.255 e. The molecule has 0 bridgehead atoms. The van der Waals surface area contributed by atoms with Crippen molar-refractivity contribution in [3.05, 3.63) is 70.7 Å². The fourth-order valence-electron chi connectivity index (χ4n) is 2.85. The molecule has 1 aliphatic heterocycles. The summed E-state index contributed by atoms with van der Waals surface area (Å²) in [6, 6.07) is 16.0. The Morgan fingerprint density at radius 2 is 1.52 bits per heavy atom. The third kappa shape index (κ3) is 4.21. The number of carbonyl (C=O) groups is 1. The maximum Gasteiger partial charge on any atom is 0.255 e. The molecule has 7 heteroatoms. The Balaban J connectivity index is 1.63. The van der Waals surface area contributed by atoms with Gasteiger partial charge in [0.15, 0.2) is 0 Å². The monoisotopic (exact) mass is 378 g/mol. The molecule has 2 aromatic carbocycles. The van der Waals surface area contributed by atoms with Crippen LogP contribution in [0.5, 0.6) is 0 Å². The van der Waals surface area contributed by atoms with E-state index in [2.05, 4.69) is 0 Å². The molecule has 2 aromatic rings. The molecular weight excluding hydrogens is 360 g/mol. The number of amides is 1. The molecule has 1 aliphatic rings. The van der Waals surface area contributed by atoms with Crippen molar-refractivity contribution in [2.45, 2.75) is 5.75 Å². The van der Waals surface area contributed by atoms with Gasteiger partial charge in [-0.25, -0.2) is 8.42 Å². The summed E-state index contributed by atoms with van der Waals surface area (Å²) < 4.78 is 26.6. The fraction of sp³-hybridized carbons (Fsp3) is 0.278. The molecule has 132 valence electrons. The Morgan fingerprint density at radius 1 is 0.920 bits per heavy atom. The molecule has 0 N–H and O–H groups in total. The first-order valence-electron chi connectivity index (χ1n) is 8.03. The van der Waals surface area contributed by atoms with Gasteiger partial charge in [0.05, 0.1) is 16.3 Å². The van der Waals surface area contributed by atoms with Crippen molar-refractivity contribution in [3.63, 3.8) is 0 Å². The van der Waals surface area contributed by atoms with E-state index in [0.29, 0.717) is 36.8 Å². The number of carbonyl (C=O) groups excluding carboxylic acids is 1. The molecule has 1 fully saturated rings. The highest BCUT2D eigenvalue weighted by atomic mass is 35.5. The fourth-order valence-corrected chi connectivity index (χ4v) is 4.58. The summed E-state index contributed by atoms with van der Waals surface area (Å²) in [7, 11) is -3.39. The summed E-state index contributed by atoms with van der Waals surface area (Å²) in [6.07, 6.45) is 0. The Morgan fingerprint density at radius 3 is 2.16 bits per heavy atom. The normalized spacial score (nSPS) is 16.0. The van der Waals surface area contributed by atoms with Crippen LogP contribution >= 0.6 is 11.6 Å². The molecule has 0 aromatic heterocycles. The van der Waals surface area contributed by atoms with E-state index in [9.17, 15) is 13.2 Å². The highest BCUT2D eigenvalue weighted by Gasteiger charge is 2.29. The lowest BCUT2D eigenvalue weighted by atomic mass is 10.2. The summed E-state index contributed by atoms with van der Waals surface area (Å²) in [4.78, 5) is 14.2. The molecule has 0 spiro atoms. The summed E-state index contributed by atoms with van der Waals surface area (Å²) in [5, 5.41) is 0.409. The predicted molar refractivity (Wildman–Crippen MR) is 98.0 cm³/mol. The zero-order chi connectivity index (χ0) is 17.9. The van der Waals surface area contributed by atoms with Gasteiger partial charge in [0.2, 0.25) is 10.0 Å². The maximum absolute atomic E-state index is 12.6. The predicted octanol–water partition coefficient (Wildman–Crippen LogP) is 2.63. The van der Waals surface area contributed by atoms with E-state index in [1.807, 2.05) is 18.2 Å². The Labute approximate surface area is 152 Å². The van der Waals surface area contributed by atoms with Gasteiger partial charge in [-0.15, -0.1) is 0 Å². The van der Waals surface area contributed by atoms with E-state index in [1.54, 1.807) is 41.3 Å². The van der Waals surface area contributed by atoms with Crippen LogP contribution in [0.3, 0.4) is 0 Å². The number of hydrogen-bond donors (Lipinski definition) is 0. The van der Waals surface area contributed by atoms with Crippen LogP contribution in [0.15, 0.2) is 54.6 Å². The van der Waals surface area contributed by atoms with Crippen LogP contribution in [0.2, 0.25) is 5.02 Å². The highest BCUT2D eigenvalue weighted by molar-refractivity contribution is 7.88. The van der Waals surface area contributed by atoms with Crippen LogP contribution in [-0.4, -0.2) is 49.7 Å². The third-order valence-electron chi connectivity index (χ3n) is 4.22. The minimum Gasteiger partial charge on any atom is -0.336 e. The largest absolute Gasteiger partial charge is 0.336 e. The number of halogens is 1. The van der Waals surface area contributed by atoms with Crippen LogP contribution in [0, 0.1) is 0 Å². The Kier molecular flexibility index (Phi) is 5.42. The van der Waals surface area contributed by atoms with Crippen molar-refractivity contribution >= 4 is 27.5 Å². The van der Waals surface area contributed by atoms with Gasteiger partial charge in [0.25, 0.3) is 5.91 Å². The summed E-state index contributed by atoms with van der Waals surface area (Å²) in [6.45, 7) is 1.31. The molecule has 3 rings (SSSR count). The van der Waals surface area contributed by atoms with E-state index in [4.69, 9.17) is 11.6 Å². The quantitative estimate of drug-likeness (QED) is 0.821. The van der Waals surface area contributed by atoms with E-state index in [-0.39, 0.29) is 11.7 Å². The lowest BCUT2D eigenvalue weighted by molar-refractivity contribution is 0.0698. The molecule has 5 nitrogen and oxygen atoms in total. The van der Waals surface area contributed by atoms with Gasteiger partial charge >= 0.3 is 0 Å². The van der Waals surface area contributed by atoms with Gasteiger partial charge in [-0.2, -0.15) is 4.31 Å². The van der Waals surface area contributed by atoms with Gasteiger partial charge in [-0.1, -0.05) is 54.1 Å². The zero-order valence-corrected chi connectivity index (χ0v) is 15.2. The zero-order valence-electron chi connectivity index (χ0n) is 13.6. The van der Waals surface area contributed by atoms with Crippen LogP contribution in [0.25, 0.3) is 0 Å². The topological polar surface area (TPSA) is 57.7 Å². The van der Waals surface area contributed by atoms with Gasteiger partial charge in [0.1, 0.15) is 0 Å². The maximum atomic E-state index is 12.6. The molecule has 1 amide bonds. The summed E-state index contributed by atoms with van der Waals surface area (Å²) in [5.74, 6) is -0.183. The molecule has 0 unspecified atom stereocenters. The molecule has 1 saturated heterocycles. The third-order valence-corrected chi connectivity index (χ3v) is 6.40. The van der Waals surface area contributed by atoms with Crippen molar-refractivity contribution in [1.29, 1.82) is 0 Å². The lowest BCUT2D eigenvalue weighted by Gasteiger charge is -2.34. The second-order valence-corrected chi connectivity index (χ2v) is 8.29. The van der Waals surface area contributed by atoms with E-state index < -0.39 is 10.0 Å². The van der Waals surface area contributed by atoms with E-state index in [1.165, 1.54) is 4.31 Å². The first kappa shape index (κ1) is 17.9. The first-order chi connectivity index (χ1) is 12.0. The van der Waals surface area contributed by atoms with Crippen molar-refractivity contribution in [1.82, 2.24) is 9.21 Å². The highest BCUT2D eigenvalue weighted by Crippen LogP contribution is 2.19. The van der Waals surface area contributed by atoms with Gasteiger partial charge in [0, 0.05) is 26.2 Å². The Hall–Kier alpha value is -1.89. The van der Waals surface area contributed by atoms with Crippen molar-refractivity contribution in [2.75, 3.05) is 26.2 Å². The van der Waals surface area contributed by atoms with Gasteiger partial charge in [-0.3, -0.25) is 4.79 Å². The number of nitrogens with zero attached hydrogens (tertiary/aromatic N) is 2. The van der Waals surface area contributed by atoms with Crippen molar-refractivity contribution in [2.24, 2.45) is 0 Å². The van der Waals surface area contributed by atoms with E-state index in [0.717, 1.165) is 5.56 Å². The summed E-state index contributed by atoms with van der Waals surface area (Å²) >= 11 is 6.08. The van der Waals surface area contributed by atoms with Gasteiger partial charge in [-0.05, 0) is 17.7 Å². The average molecular weight is 379 g/mol. The minimum atomic E-state index is -3.39. The van der Waals surface area contributed by atoms with E-state index >= 15 is 0 Å². The van der Waals surface area contributed by atoms with Crippen molar-refractivity contribution in [3.8, 4) is 0 Å². The van der Waals surface area contributed by atoms with Crippen LogP contribution < -0.4 is 0 Å². The van der Waals surface area contributed by atoms with Gasteiger partial charge < -0.3 is 4.90 Å². The Bertz CT molecular complexity index is 848.